The molecule has 258 valence electrons. The molecule has 0 aliphatic heterocycles. The van der Waals surface area contributed by atoms with Gasteiger partial charge in [0.05, 0.1) is 0 Å². The van der Waals surface area contributed by atoms with Crippen molar-refractivity contribution in [3.8, 4) is 0 Å². The minimum atomic E-state index is -0.908. The SMILES string of the molecule is CCCCCCCCCCCCCCCCCCCCCC(=O)OC(O)CCCCCCCCCCCCCCCCC. The zero-order valence-corrected chi connectivity index (χ0v) is 29.8. The first-order valence-electron chi connectivity index (χ1n) is 20.1. The fourth-order valence-corrected chi connectivity index (χ4v) is 6.31. The molecule has 43 heavy (non-hydrogen) atoms. The molecule has 0 aromatic carbocycles. The number of hydrogen-bond donors (Lipinski definition) is 1. The van der Waals surface area contributed by atoms with E-state index >= 15 is 0 Å². The maximum absolute atomic E-state index is 12.0. The predicted octanol–water partition coefficient (Wildman–Crippen LogP) is 13.9. The van der Waals surface area contributed by atoms with Crippen LogP contribution in [0.25, 0.3) is 0 Å². The predicted molar refractivity (Wildman–Crippen MR) is 190 cm³/mol. The Balaban J connectivity index is 3.25. The van der Waals surface area contributed by atoms with Crippen LogP contribution >= 0.6 is 0 Å². The summed E-state index contributed by atoms with van der Waals surface area (Å²) in [6.45, 7) is 4.57. The zero-order chi connectivity index (χ0) is 31.3. The lowest BCUT2D eigenvalue weighted by Crippen LogP contribution is -2.17. The Morgan fingerprint density at radius 3 is 0.907 bits per heavy atom. The van der Waals surface area contributed by atoms with E-state index in [0.29, 0.717) is 12.8 Å². The van der Waals surface area contributed by atoms with Crippen LogP contribution in [-0.2, 0) is 9.53 Å². The molecule has 0 spiro atoms. The highest BCUT2D eigenvalue weighted by atomic mass is 16.6. The molecule has 0 fully saturated rings. The standard InChI is InChI=1S/C40H80O3/c1-3-5-7-9-11-13-15-17-19-20-21-22-24-26-28-30-32-34-36-38-40(42)43-39(41)37-35-33-31-29-27-25-23-18-16-14-12-10-8-6-4-2/h39,41H,3-38H2,1-2H3. The molecule has 0 aromatic rings. The molecule has 0 amide bonds. The fraction of sp³-hybridized carbons (Fsp3) is 0.975. The maximum atomic E-state index is 12.0. The molecule has 1 N–H and O–H groups in total. The van der Waals surface area contributed by atoms with Gasteiger partial charge in [-0.15, -0.1) is 0 Å². The van der Waals surface area contributed by atoms with Crippen LogP contribution < -0.4 is 0 Å². The molecule has 1 unspecified atom stereocenters. The third kappa shape index (κ3) is 37.5. The first kappa shape index (κ1) is 42.4. The van der Waals surface area contributed by atoms with Crippen molar-refractivity contribution in [2.45, 2.75) is 251 Å². The van der Waals surface area contributed by atoms with Gasteiger partial charge < -0.3 is 9.84 Å². The van der Waals surface area contributed by atoms with Gasteiger partial charge in [0.15, 0.2) is 0 Å². The summed E-state index contributed by atoms with van der Waals surface area (Å²) in [5, 5.41) is 10.0. The van der Waals surface area contributed by atoms with Crippen LogP contribution in [0.2, 0.25) is 0 Å². The summed E-state index contributed by atoms with van der Waals surface area (Å²) in [4.78, 5) is 12.0. The molecule has 0 rings (SSSR count). The second-order valence-electron chi connectivity index (χ2n) is 13.8. The molecular weight excluding hydrogens is 528 g/mol. The molecule has 0 aliphatic rings. The number of aliphatic hydroxyl groups is 1. The number of rotatable bonds is 37. The van der Waals surface area contributed by atoms with E-state index in [9.17, 15) is 9.90 Å². The van der Waals surface area contributed by atoms with Gasteiger partial charge in [-0.2, -0.15) is 0 Å². The monoisotopic (exact) mass is 609 g/mol. The zero-order valence-electron chi connectivity index (χ0n) is 29.8. The highest BCUT2D eigenvalue weighted by Crippen LogP contribution is 2.16. The second-order valence-corrected chi connectivity index (χ2v) is 13.8. The molecule has 1 atom stereocenters. The van der Waals surface area contributed by atoms with Crippen LogP contribution in [0.5, 0.6) is 0 Å². The van der Waals surface area contributed by atoms with E-state index in [1.165, 1.54) is 193 Å². The van der Waals surface area contributed by atoms with Gasteiger partial charge in [-0.05, 0) is 12.8 Å². The van der Waals surface area contributed by atoms with E-state index in [1.807, 2.05) is 0 Å². The van der Waals surface area contributed by atoms with Crippen LogP contribution in [0.4, 0.5) is 0 Å². The molecule has 0 radical (unpaired) electrons. The summed E-state index contributed by atoms with van der Waals surface area (Å²) < 4.78 is 5.22. The largest absolute Gasteiger partial charge is 0.436 e. The Bertz CT molecular complexity index is 520. The lowest BCUT2D eigenvalue weighted by atomic mass is 10.0. The van der Waals surface area contributed by atoms with Crippen LogP contribution in [0, 0.1) is 0 Å². The Kier molecular flexibility index (Phi) is 37.1. The molecule has 0 aromatic heterocycles. The van der Waals surface area contributed by atoms with Crippen molar-refractivity contribution in [1.29, 1.82) is 0 Å². The van der Waals surface area contributed by atoms with Crippen molar-refractivity contribution in [2.24, 2.45) is 0 Å². The van der Waals surface area contributed by atoms with Gasteiger partial charge in [-0.3, -0.25) is 4.79 Å². The third-order valence-corrected chi connectivity index (χ3v) is 9.31. The van der Waals surface area contributed by atoms with Crippen LogP contribution in [-0.4, -0.2) is 17.4 Å². The summed E-state index contributed by atoms with van der Waals surface area (Å²) in [5.41, 5.74) is 0. The Hall–Kier alpha value is -0.570. The van der Waals surface area contributed by atoms with Gasteiger partial charge in [-0.25, -0.2) is 0 Å². The number of hydrogen-bond acceptors (Lipinski definition) is 3. The number of aliphatic hydroxyl groups excluding tert-OH is 1. The lowest BCUT2D eigenvalue weighted by molar-refractivity contribution is -0.168. The average molecular weight is 609 g/mol. The molecule has 3 nitrogen and oxygen atoms in total. The number of ether oxygens (including phenoxy) is 1. The van der Waals surface area contributed by atoms with Gasteiger partial charge in [-0.1, -0.05) is 219 Å². The third-order valence-electron chi connectivity index (χ3n) is 9.31. The van der Waals surface area contributed by atoms with Gasteiger partial charge in [0, 0.05) is 12.8 Å². The van der Waals surface area contributed by atoms with E-state index < -0.39 is 6.29 Å². The van der Waals surface area contributed by atoms with Gasteiger partial charge in [0.2, 0.25) is 6.29 Å². The summed E-state index contributed by atoms with van der Waals surface area (Å²) in [7, 11) is 0. The molecule has 3 heteroatoms. The number of unbranched alkanes of at least 4 members (excludes halogenated alkanes) is 32. The summed E-state index contributed by atoms with van der Waals surface area (Å²) in [6.07, 6.45) is 45.9. The Labute approximate surface area is 271 Å². The highest BCUT2D eigenvalue weighted by Gasteiger charge is 2.10. The molecule has 0 aliphatic carbocycles. The number of carbonyl (C=O) groups is 1. The first-order chi connectivity index (χ1) is 21.2. The second kappa shape index (κ2) is 37.6. The van der Waals surface area contributed by atoms with E-state index in [1.54, 1.807) is 0 Å². The average Bonchev–Trinajstić information content (AvgIpc) is 3.00. The number of carbonyl (C=O) groups excluding carboxylic acids is 1. The lowest BCUT2D eigenvalue weighted by Gasteiger charge is -2.12. The van der Waals surface area contributed by atoms with Gasteiger partial charge in [0.1, 0.15) is 0 Å². The minimum Gasteiger partial charge on any atom is -0.436 e. The molecule has 0 saturated heterocycles. The van der Waals surface area contributed by atoms with E-state index in [4.69, 9.17) is 4.74 Å². The van der Waals surface area contributed by atoms with Crippen LogP contribution in [0.15, 0.2) is 0 Å². The van der Waals surface area contributed by atoms with E-state index in [0.717, 1.165) is 25.7 Å². The number of esters is 1. The molecule has 0 bridgehead atoms. The van der Waals surface area contributed by atoms with E-state index in [-0.39, 0.29) is 5.97 Å². The highest BCUT2D eigenvalue weighted by molar-refractivity contribution is 5.69. The van der Waals surface area contributed by atoms with Gasteiger partial charge in [0.25, 0.3) is 0 Å². The normalized spacial score (nSPS) is 12.2. The Morgan fingerprint density at radius 2 is 0.628 bits per heavy atom. The molecule has 0 heterocycles. The molecule has 0 saturated carbocycles. The summed E-state index contributed by atoms with van der Waals surface area (Å²) >= 11 is 0. The smallest absolute Gasteiger partial charge is 0.308 e. The van der Waals surface area contributed by atoms with Crippen molar-refractivity contribution in [1.82, 2.24) is 0 Å². The topological polar surface area (TPSA) is 46.5 Å². The van der Waals surface area contributed by atoms with Crippen LogP contribution in [0.1, 0.15) is 245 Å². The quantitative estimate of drug-likeness (QED) is 0.0433. The van der Waals surface area contributed by atoms with Crippen LogP contribution in [0.3, 0.4) is 0 Å². The van der Waals surface area contributed by atoms with Crippen molar-refractivity contribution in [3.63, 3.8) is 0 Å². The molecular formula is C40H80O3. The first-order valence-corrected chi connectivity index (χ1v) is 20.1. The maximum Gasteiger partial charge on any atom is 0.308 e. The minimum absolute atomic E-state index is 0.222. The summed E-state index contributed by atoms with van der Waals surface area (Å²) in [6, 6.07) is 0. The van der Waals surface area contributed by atoms with E-state index in [2.05, 4.69) is 13.8 Å². The van der Waals surface area contributed by atoms with Gasteiger partial charge >= 0.3 is 5.97 Å². The van der Waals surface area contributed by atoms with Crippen molar-refractivity contribution >= 4 is 5.97 Å². The Morgan fingerprint density at radius 1 is 0.395 bits per heavy atom. The fourth-order valence-electron chi connectivity index (χ4n) is 6.31. The van der Waals surface area contributed by atoms with Crippen molar-refractivity contribution < 1.29 is 14.6 Å². The van der Waals surface area contributed by atoms with Crippen molar-refractivity contribution in [2.75, 3.05) is 0 Å². The summed E-state index contributed by atoms with van der Waals surface area (Å²) in [5.74, 6) is -0.222. The van der Waals surface area contributed by atoms with Crippen molar-refractivity contribution in [3.05, 3.63) is 0 Å².